The molecule has 1 aromatic carbocycles. The minimum absolute atomic E-state index is 0.144. The van der Waals surface area contributed by atoms with Gasteiger partial charge in [-0.2, -0.15) is 0 Å². The highest BCUT2D eigenvalue weighted by molar-refractivity contribution is 6.18. The number of hydrogen-bond acceptors (Lipinski definition) is 3. The molecule has 0 aliphatic carbocycles. The number of aliphatic hydroxyl groups is 1. The van der Waals surface area contributed by atoms with E-state index in [4.69, 9.17) is 16.7 Å². The zero-order chi connectivity index (χ0) is 12.1. The Labute approximate surface area is 98.9 Å². The van der Waals surface area contributed by atoms with Gasteiger partial charge >= 0.3 is 5.97 Å². The number of carboxylic acids is 1. The standard InChI is InChI=1S/C11H14ClNO3/c1-7-9(11(15)16)3-2-4-10(7)13-6-8(14)5-12/h2-4,8,13-14H,5-6H2,1H3,(H,15,16). The Morgan fingerprint density at radius 3 is 2.81 bits per heavy atom. The van der Waals surface area contributed by atoms with Crippen molar-refractivity contribution in [2.75, 3.05) is 17.7 Å². The van der Waals surface area contributed by atoms with Crippen molar-refractivity contribution in [1.82, 2.24) is 0 Å². The molecular formula is C11H14ClNO3. The number of anilines is 1. The molecule has 0 saturated heterocycles. The molecule has 16 heavy (non-hydrogen) atoms. The number of nitrogens with one attached hydrogen (secondary N) is 1. The highest BCUT2D eigenvalue weighted by Crippen LogP contribution is 2.18. The topological polar surface area (TPSA) is 69.6 Å². The average molecular weight is 244 g/mol. The van der Waals surface area contributed by atoms with Crippen LogP contribution in [0.5, 0.6) is 0 Å². The van der Waals surface area contributed by atoms with Gasteiger partial charge in [-0.25, -0.2) is 4.79 Å². The molecular weight excluding hydrogens is 230 g/mol. The van der Waals surface area contributed by atoms with Crippen LogP contribution in [0.25, 0.3) is 0 Å². The van der Waals surface area contributed by atoms with E-state index in [0.717, 1.165) is 0 Å². The second kappa shape index (κ2) is 5.72. The largest absolute Gasteiger partial charge is 0.478 e. The molecule has 0 heterocycles. The molecule has 88 valence electrons. The minimum atomic E-state index is -0.959. The normalized spacial score (nSPS) is 12.2. The van der Waals surface area contributed by atoms with Crippen molar-refractivity contribution in [1.29, 1.82) is 0 Å². The van der Waals surface area contributed by atoms with Crippen molar-refractivity contribution in [3.05, 3.63) is 29.3 Å². The lowest BCUT2D eigenvalue weighted by atomic mass is 10.1. The van der Waals surface area contributed by atoms with Crippen molar-refractivity contribution >= 4 is 23.3 Å². The number of benzene rings is 1. The van der Waals surface area contributed by atoms with Gasteiger partial charge in [-0.1, -0.05) is 6.07 Å². The van der Waals surface area contributed by atoms with Crippen LogP contribution in [-0.2, 0) is 0 Å². The Hall–Kier alpha value is -1.26. The van der Waals surface area contributed by atoms with Gasteiger partial charge in [0.15, 0.2) is 0 Å². The van der Waals surface area contributed by atoms with Crippen LogP contribution in [0.15, 0.2) is 18.2 Å². The first kappa shape index (κ1) is 12.8. The Kier molecular flexibility index (Phi) is 4.58. The number of carboxylic acid groups (broad SMARTS) is 1. The van der Waals surface area contributed by atoms with Crippen LogP contribution in [0.3, 0.4) is 0 Å². The Balaban J connectivity index is 2.81. The van der Waals surface area contributed by atoms with Crippen molar-refractivity contribution < 1.29 is 15.0 Å². The van der Waals surface area contributed by atoms with Crippen LogP contribution in [0.2, 0.25) is 0 Å². The third-order valence-electron chi connectivity index (χ3n) is 2.27. The average Bonchev–Trinajstić information content (AvgIpc) is 2.26. The first-order valence-electron chi connectivity index (χ1n) is 4.87. The summed E-state index contributed by atoms with van der Waals surface area (Å²) < 4.78 is 0. The summed E-state index contributed by atoms with van der Waals surface area (Å²) in [5.41, 5.74) is 1.60. The van der Waals surface area contributed by atoms with Gasteiger partial charge in [0.05, 0.1) is 17.5 Å². The zero-order valence-electron chi connectivity index (χ0n) is 8.90. The zero-order valence-corrected chi connectivity index (χ0v) is 9.66. The Morgan fingerprint density at radius 2 is 2.25 bits per heavy atom. The SMILES string of the molecule is Cc1c(NCC(O)CCl)cccc1C(=O)O. The fourth-order valence-corrected chi connectivity index (χ4v) is 1.45. The lowest BCUT2D eigenvalue weighted by molar-refractivity contribution is 0.0696. The number of carbonyl (C=O) groups is 1. The third-order valence-corrected chi connectivity index (χ3v) is 2.63. The summed E-state index contributed by atoms with van der Waals surface area (Å²) in [4.78, 5) is 10.9. The molecule has 0 aliphatic rings. The number of aliphatic hydroxyl groups excluding tert-OH is 1. The first-order chi connectivity index (χ1) is 7.56. The molecule has 0 aromatic heterocycles. The molecule has 0 aliphatic heterocycles. The fourth-order valence-electron chi connectivity index (χ4n) is 1.34. The minimum Gasteiger partial charge on any atom is -0.478 e. The molecule has 4 nitrogen and oxygen atoms in total. The Morgan fingerprint density at radius 1 is 1.56 bits per heavy atom. The van der Waals surface area contributed by atoms with Gasteiger partial charge in [-0.15, -0.1) is 11.6 Å². The highest BCUT2D eigenvalue weighted by atomic mass is 35.5. The lowest BCUT2D eigenvalue weighted by Gasteiger charge is -2.13. The second-order valence-corrected chi connectivity index (χ2v) is 3.78. The summed E-state index contributed by atoms with van der Waals surface area (Å²) in [5, 5.41) is 21.2. The van der Waals surface area contributed by atoms with Gasteiger partial charge in [-0.3, -0.25) is 0 Å². The molecule has 3 N–H and O–H groups in total. The summed E-state index contributed by atoms with van der Waals surface area (Å²) >= 11 is 5.46. The summed E-state index contributed by atoms with van der Waals surface area (Å²) in [6.45, 7) is 2.02. The van der Waals surface area contributed by atoms with Crippen molar-refractivity contribution in [3.8, 4) is 0 Å². The monoisotopic (exact) mass is 243 g/mol. The van der Waals surface area contributed by atoms with Crippen LogP contribution in [-0.4, -0.2) is 34.7 Å². The van der Waals surface area contributed by atoms with E-state index in [0.29, 0.717) is 17.8 Å². The molecule has 5 heteroatoms. The van der Waals surface area contributed by atoms with E-state index in [2.05, 4.69) is 5.32 Å². The quantitative estimate of drug-likeness (QED) is 0.689. The van der Waals surface area contributed by atoms with Gasteiger partial charge in [0, 0.05) is 12.2 Å². The molecule has 1 rings (SSSR count). The van der Waals surface area contributed by atoms with Gasteiger partial charge in [0.25, 0.3) is 0 Å². The predicted molar refractivity (Wildman–Crippen MR) is 63.4 cm³/mol. The molecule has 0 spiro atoms. The second-order valence-electron chi connectivity index (χ2n) is 3.47. The Bertz CT molecular complexity index is 381. The fraction of sp³-hybridized carbons (Fsp3) is 0.364. The molecule has 1 unspecified atom stereocenters. The number of aromatic carboxylic acids is 1. The van der Waals surface area contributed by atoms with Crippen molar-refractivity contribution in [2.45, 2.75) is 13.0 Å². The summed E-state index contributed by atoms with van der Waals surface area (Å²) in [6, 6.07) is 4.97. The van der Waals surface area contributed by atoms with Gasteiger partial charge < -0.3 is 15.5 Å². The van der Waals surface area contributed by atoms with Crippen LogP contribution < -0.4 is 5.32 Å². The van der Waals surface area contributed by atoms with Crippen molar-refractivity contribution in [3.63, 3.8) is 0 Å². The van der Waals surface area contributed by atoms with Crippen molar-refractivity contribution in [2.24, 2.45) is 0 Å². The first-order valence-corrected chi connectivity index (χ1v) is 5.40. The number of hydrogen-bond donors (Lipinski definition) is 3. The van der Waals surface area contributed by atoms with Gasteiger partial charge in [-0.05, 0) is 24.6 Å². The van der Waals surface area contributed by atoms with E-state index in [1.807, 2.05) is 0 Å². The molecule has 0 radical (unpaired) electrons. The van der Waals surface area contributed by atoms with Gasteiger partial charge in [0.2, 0.25) is 0 Å². The smallest absolute Gasteiger partial charge is 0.336 e. The molecule has 0 amide bonds. The van der Waals surface area contributed by atoms with Crippen LogP contribution in [0, 0.1) is 6.92 Å². The molecule has 1 aromatic rings. The van der Waals surface area contributed by atoms with E-state index < -0.39 is 12.1 Å². The maximum atomic E-state index is 10.9. The molecule has 0 bridgehead atoms. The molecule has 0 saturated carbocycles. The maximum Gasteiger partial charge on any atom is 0.336 e. The van der Waals surface area contributed by atoms with E-state index in [1.165, 1.54) is 0 Å². The third kappa shape index (κ3) is 3.12. The van der Waals surface area contributed by atoms with E-state index in [9.17, 15) is 9.90 Å². The summed E-state index contributed by atoms with van der Waals surface area (Å²) in [6.07, 6.45) is -0.644. The number of rotatable bonds is 5. The predicted octanol–water partition coefficient (Wildman–Crippen LogP) is 1.70. The number of halogens is 1. The molecule has 1 atom stereocenters. The van der Waals surface area contributed by atoms with E-state index in [1.54, 1.807) is 25.1 Å². The van der Waals surface area contributed by atoms with Crippen LogP contribution in [0.4, 0.5) is 5.69 Å². The lowest BCUT2D eigenvalue weighted by Crippen LogP contribution is -2.21. The summed E-state index contributed by atoms with van der Waals surface area (Å²) in [7, 11) is 0. The van der Waals surface area contributed by atoms with Crippen LogP contribution >= 0.6 is 11.6 Å². The highest BCUT2D eigenvalue weighted by Gasteiger charge is 2.10. The molecule has 0 fully saturated rings. The summed E-state index contributed by atoms with van der Waals surface area (Å²) in [5.74, 6) is -0.816. The van der Waals surface area contributed by atoms with E-state index in [-0.39, 0.29) is 11.4 Å². The van der Waals surface area contributed by atoms with Gasteiger partial charge in [0.1, 0.15) is 0 Å². The van der Waals surface area contributed by atoms with Crippen LogP contribution in [0.1, 0.15) is 15.9 Å². The van der Waals surface area contributed by atoms with E-state index >= 15 is 0 Å². The maximum absolute atomic E-state index is 10.9. The number of alkyl halides is 1.